The maximum absolute atomic E-state index is 15.3. The van der Waals surface area contributed by atoms with E-state index in [-0.39, 0.29) is 23.0 Å². The van der Waals surface area contributed by atoms with E-state index in [1.54, 1.807) is 69.3 Å². The summed E-state index contributed by atoms with van der Waals surface area (Å²) in [6, 6.07) is 20.3. The summed E-state index contributed by atoms with van der Waals surface area (Å²) in [5.74, 6) is -4.94. The number of carbonyl (C=O) groups is 2. The van der Waals surface area contributed by atoms with Gasteiger partial charge < -0.3 is 19.2 Å². The summed E-state index contributed by atoms with van der Waals surface area (Å²) in [5.41, 5.74) is 0.0340. The van der Waals surface area contributed by atoms with E-state index in [9.17, 15) is 9.59 Å². The summed E-state index contributed by atoms with van der Waals surface area (Å²) in [6.07, 6.45) is 0.768. The molecule has 3 aromatic carbocycles. The number of hydrogen-bond acceptors (Lipinski definition) is 8. The van der Waals surface area contributed by atoms with E-state index < -0.39 is 35.0 Å². The van der Waals surface area contributed by atoms with Crippen LogP contribution in [0.1, 0.15) is 42.6 Å². The van der Waals surface area contributed by atoms with Crippen molar-refractivity contribution in [3.8, 4) is 22.9 Å². The molecule has 0 aliphatic carbocycles. The molecule has 13 heteroatoms. The maximum atomic E-state index is 15.3. The Labute approximate surface area is 250 Å². The van der Waals surface area contributed by atoms with Gasteiger partial charge in [0.05, 0.1) is 24.6 Å². The number of anilines is 2. The Kier molecular flexibility index (Phi) is 8.12. The summed E-state index contributed by atoms with van der Waals surface area (Å²) in [7, 11) is 1.44. The normalized spacial score (nSPS) is 11.6. The van der Waals surface area contributed by atoms with Crippen LogP contribution in [0, 0.1) is 0 Å². The number of carbonyl (C=O) groups excluding carboxylic acids is 2. The number of hydrogen-bond donors (Lipinski definition) is 2. The van der Waals surface area contributed by atoms with Gasteiger partial charge in [-0.3, -0.25) is 10.1 Å². The van der Waals surface area contributed by atoms with Crippen molar-refractivity contribution in [2.75, 3.05) is 17.7 Å². The minimum atomic E-state index is -3.65. The van der Waals surface area contributed by atoms with Gasteiger partial charge in [0.15, 0.2) is 5.82 Å². The molecule has 2 aromatic heterocycles. The molecule has 0 radical (unpaired) electrons. The third-order valence-electron chi connectivity index (χ3n) is 6.14. The second kappa shape index (κ2) is 12.0. The second-order valence-corrected chi connectivity index (χ2v) is 10.5. The molecule has 0 saturated carbocycles. The molecule has 0 atom stereocenters. The van der Waals surface area contributed by atoms with Crippen LogP contribution in [0.3, 0.4) is 0 Å². The molecule has 0 bridgehead atoms. The Hall–Kier alpha value is -5.59. The van der Waals surface area contributed by atoms with Crippen molar-refractivity contribution in [1.82, 2.24) is 20.0 Å². The molecular weight excluding hydrogens is 574 g/mol. The number of para-hydroxylation sites is 2. The van der Waals surface area contributed by atoms with Crippen molar-refractivity contribution in [2.45, 2.75) is 32.3 Å². The number of amides is 2. The lowest BCUT2D eigenvalue weighted by molar-refractivity contribution is 0.0135. The zero-order valence-corrected chi connectivity index (χ0v) is 24.2. The highest BCUT2D eigenvalue weighted by atomic mass is 19.3. The predicted octanol–water partition coefficient (Wildman–Crippen LogP) is 6.67. The van der Waals surface area contributed by atoms with Crippen LogP contribution in [-0.4, -0.2) is 44.7 Å². The van der Waals surface area contributed by atoms with Crippen molar-refractivity contribution in [3.05, 3.63) is 102 Å². The first kappa shape index (κ1) is 29.9. The summed E-state index contributed by atoms with van der Waals surface area (Å²) in [4.78, 5) is 25.6. The molecular formula is C31H28F2N6O5. The number of rotatable bonds is 8. The van der Waals surface area contributed by atoms with Gasteiger partial charge in [-0.1, -0.05) is 42.5 Å². The Morgan fingerprint density at radius 2 is 1.57 bits per heavy atom. The van der Waals surface area contributed by atoms with Crippen molar-refractivity contribution in [2.24, 2.45) is 0 Å². The Morgan fingerprint density at radius 3 is 2.25 bits per heavy atom. The molecule has 2 N–H and O–H groups in total. The fourth-order valence-electron chi connectivity index (χ4n) is 4.10. The van der Waals surface area contributed by atoms with Crippen LogP contribution in [0.4, 0.5) is 25.1 Å². The predicted molar refractivity (Wildman–Crippen MR) is 157 cm³/mol. The number of alkyl halides is 2. The van der Waals surface area contributed by atoms with Crippen molar-refractivity contribution < 1.29 is 32.3 Å². The molecule has 5 aromatic rings. The standard InChI is InChI=1S/C31H28F2N6O5/c1-30(2,3)44-29(41)34-23-18-39(21-10-6-5-7-11-21)38-25(23)35-26(40)19-14-16-20(17-15-19)31(32,33)28-37-36-27(43-28)22-12-8-9-13-24(22)42-4/h5-18H,1-4H3,(H,34,41)(H,35,38,40). The van der Waals surface area contributed by atoms with Crippen molar-refractivity contribution in [1.29, 1.82) is 0 Å². The van der Waals surface area contributed by atoms with Crippen molar-refractivity contribution in [3.63, 3.8) is 0 Å². The molecule has 2 amide bonds. The molecule has 0 aliphatic rings. The largest absolute Gasteiger partial charge is 0.496 e. The number of methoxy groups -OCH3 is 1. The maximum Gasteiger partial charge on any atom is 0.412 e. The fourth-order valence-corrected chi connectivity index (χ4v) is 4.10. The van der Waals surface area contributed by atoms with Gasteiger partial charge in [0.25, 0.3) is 17.7 Å². The van der Waals surface area contributed by atoms with Crippen LogP contribution in [0.5, 0.6) is 5.75 Å². The van der Waals surface area contributed by atoms with Crippen LogP contribution in [-0.2, 0) is 10.7 Å². The highest BCUT2D eigenvalue weighted by Crippen LogP contribution is 2.37. The smallest absolute Gasteiger partial charge is 0.412 e. The van der Waals surface area contributed by atoms with E-state index in [2.05, 4.69) is 25.9 Å². The minimum absolute atomic E-state index is 0.0221. The van der Waals surface area contributed by atoms with Crippen LogP contribution in [0.25, 0.3) is 17.1 Å². The first-order chi connectivity index (χ1) is 20.9. The molecule has 0 fully saturated rings. The zero-order valence-electron chi connectivity index (χ0n) is 24.2. The summed E-state index contributed by atoms with van der Waals surface area (Å²) < 4.78 is 48.0. The van der Waals surface area contributed by atoms with E-state index >= 15 is 8.78 Å². The SMILES string of the molecule is COc1ccccc1-c1nnc(C(F)(F)c2ccc(C(=O)Nc3nn(-c4ccccc4)cc3NC(=O)OC(C)(C)C)cc2)o1. The number of nitrogens with zero attached hydrogens (tertiary/aromatic N) is 4. The minimum Gasteiger partial charge on any atom is -0.496 e. The van der Waals surface area contributed by atoms with Gasteiger partial charge in [-0.15, -0.1) is 15.3 Å². The first-order valence-electron chi connectivity index (χ1n) is 13.4. The van der Waals surface area contributed by atoms with Crippen LogP contribution in [0.15, 0.2) is 89.5 Å². The number of aromatic nitrogens is 4. The van der Waals surface area contributed by atoms with Crippen molar-refractivity contribution >= 4 is 23.5 Å². The summed E-state index contributed by atoms with van der Waals surface area (Å²) in [5, 5.41) is 16.9. The molecule has 2 heterocycles. The monoisotopic (exact) mass is 602 g/mol. The van der Waals surface area contributed by atoms with Gasteiger partial charge in [-0.25, -0.2) is 9.48 Å². The average molecular weight is 603 g/mol. The van der Waals surface area contributed by atoms with E-state index in [0.717, 1.165) is 12.1 Å². The van der Waals surface area contributed by atoms with Gasteiger partial charge in [0, 0.05) is 11.1 Å². The third-order valence-corrected chi connectivity index (χ3v) is 6.14. The lowest BCUT2D eigenvalue weighted by Crippen LogP contribution is -2.27. The van der Waals surface area contributed by atoms with Crippen LogP contribution in [0.2, 0.25) is 0 Å². The Bertz CT molecular complexity index is 1780. The van der Waals surface area contributed by atoms with Crippen LogP contribution < -0.4 is 15.4 Å². The fraction of sp³-hybridized carbons (Fsp3) is 0.194. The lowest BCUT2D eigenvalue weighted by atomic mass is 10.1. The summed E-state index contributed by atoms with van der Waals surface area (Å²) >= 11 is 0. The highest BCUT2D eigenvalue weighted by Gasteiger charge is 2.41. The van der Waals surface area contributed by atoms with Gasteiger partial charge in [-0.05, 0) is 57.2 Å². The van der Waals surface area contributed by atoms with E-state index in [0.29, 0.717) is 17.0 Å². The number of benzene rings is 3. The number of halogens is 2. The number of ether oxygens (including phenoxy) is 2. The molecule has 226 valence electrons. The van der Waals surface area contributed by atoms with E-state index in [1.165, 1.54) is 30.1 Å². The third kappa shape index (κ3) is 6.56. The molecule has 0 spiro atoms. The molecule has 0 aliphatic heterocycles. The summed E-state index contributed by atoms with van der Waals surface area (Å²) in [6.45, 7) is 5.15. The van der Waals surface area contributed by atoms with Gasteiger partial charge in [0.1, 0.15) is 17.0 Å². The molecule has 44 heavy (non-hydrogen) atoms. The molecule has 5 rings (SSSR count). The average Bonchev–Trinajstić information content (AvgIpc) is 3.65. The van der Waals surface area contributed by atoms with E-state index in [4.69, 9.17) is 13.9 Å². The highest BCUT2D eigenvalue weighted by molar-refractivity contribution is 6.06. The first-order valence-corrected chi connectivity index (χ1v) is 13.4. The molecule has 0 unspecified atom stereocenters. The van der Waals surface area contributed by atoms with Crippen LogP contribution >= 0.6 is 0 Å². The van der Waals surface area contributed by atoms with Gasteiger partial charge in [-0.2, -0.15) is 8.78 Å². The molecule has 11 nitrogen and oxygen atoms in total. The quantitative estimate of drug-likeness (QED) is 0.201. The molecule has 0 saturated heterocycles. The zero-order chi connectivity index (χ0) is 31.5. The second-order valence-electron chi connectivity index (χ2n) is 10.5. The van der Waals surface area contributed by atoms with Gasteiger partial charge in [0.2, 0.25) is 0 Å². The lowest BCUT2D eigenvalue weighted by Gasteiger charge is -2.19. The van der Waals surface area contributed by atoms with Gasteiger partial charge >= 0.3 is 12.0 Å². The number of nitrogens with one attached hydrogen (secondary N) is 2. The Balaban J connectivity index is 1.36. The Morgan fingerprint density at radius 1 is 0.886 bits per heavy atom. The topological polar surface area (TPSA) is 133 Å². The van der Waals surface area contributed by atoms with E-state index in [1.807, 2.05) is 6.07 Å².